The molecule has 0 bridgehead atoms. The van der Waals surface area contributed by atoms with Crippen molar-refractivity contribution in [2.45, 2.75) is 20.3 Å². The first-order valence-corrected chi connectivity index (χ1v) is 5.69. The zero-order valence-electron chi connectivity index (χ0n) is 9.32. The molecule has 1 atom stereocenters. The number of aryl methyl sites for hydroxylation is 1. The average molecular weight is 227 g/mol. The number of nitrogens with one attached hydrogen (secondary N) is 1. The standard InChI is InChI=1S/C9H17N5S/c1-4-7-12-9(15-13-7)14(3)5-6(2)8(10)11/h6H,4-5H2,1-3H3,(H3,10,11). The van der Waals surface area contributed by atoms with Gasteiger partial charge in [0, 0.05) is 37.5 Å². The average Bonchev–Trinajstić information content (AvgIpc) is 2.65. The monoisotopic (exact) mass is 227 g/mol. The van der Waals surface area contributed by atoms with Crippen LogP contribution in [0.4, 0.5) is 5.13 Å². The van der Waals surface area contributed by atoms with Gasteiger partial charge in [0.15, 0.2) is 0 Å². The van der Waals surface area contributed by atoms with Crippen LogP contribution in [-0.2, 0) is 6.42 Å². The van der Waals surface area contributed by atoms with E-state index in [4.69, 9.17) is 11.1 Å². The van der Waals surface area contributed by atoms with Gasteiger partial charge in [0.25, 0.3) is 0 Å². The summed E-state index contributed by atoms with van der Waals surface area (Å²) in [4.78, 5) is 6.35. The SMILES string of the molecule is CCc1nsc(N(C)CC(C)C(=N)N)n1. The summed E-state index contributed by atoms with van der Waals surface area (Å²) >= 11 is 1.39. The Balaban J connectivity index is 2.60. The largest absolute Gasteiger partial charge is 0.387 e. The number of hydrogen-bond acceptors (Lipinski definition) is 5. The summed E-state index contributed by atoms with van der Waals surface area (Å²) < 4.78 is 4.21. The molecule has 0 spiro atoms. The van der Waals surface area contributed by atoms with Gasteiger partial charge in [-0.3, -0.25) is 5.41 Å². The highest BCUT2D eigenvalue weighted by Gasteiger charge is 2.12. The van der Waals surface area contributed by atoms with Gasteiger partial charge in [0.2, 0.25) is 5.13 Å². The Bertz CT molecular complexity index is 335. The molecule has 0 amide bonds. The van der Waals surface area contributed by atoms with Crippen molar-refractivity contribution in [1.82, 2.24) is 9.36 Å². The van der Waals surface area contributed by atoms with Gasteiger partial charge < -0.3 is 10.6 Å². The van der Waals surface area contributed by atoms with Crippen LogP contribution in [-0.4, -0.2) is 28.8 Å². The molecular formula is C9H17N5S. The molecule has 15 heavy (non-hydrogen) atoms. The van der Waals surface area contributed by atoms with Crippen LogP contribution in [0, 0.1) is 11.3 Å². The van der Waals surface area contributed by atoms with Crippen LogP contribution in [0.3, 0.4) is 0 Å². The first kappa shape index (κ1) is 11.9. The van der Waals surface area contributed by atoms with E-state index in [0.29, 0.717) is 6.54 Å². The summed E-state index contributed by atoms with van der Waals surface area (Å²) in [6.45, 7) is 4.66. The minimum atomic E-state index is 0.0453. The lowest BCUT2D eigenvalue weighted by Crippen LogP contribution is -2.31. The Morgan fingerprint density at radius 3 is 2.80 bits per heavy atom. The first-order chi connectivity index (χ1) is 7.04. The Morgan fingerprint density at radius 2 is 2.33 bits per heavy atom. The molecule has 0 saturated carbocycles. The predicted octanol–water partition coefficient (Wildman–Crippen LogP) is 1.11. The van der Waals surface area contributed by atoms with E-state index in [2.05, 4.69) is 9.36 Å². The zero-order valence-corrected chi connectivity index (χ0v) is 10.1. The lowest BCUT2D eigenvalue weighted by molar-refractivity contribution is 0.726. The molecule has 0 aliphatic rings. The van der Waals surface area contributed by atoms with E-state index >= 15 is 0 Å². The first-order valence-electron chi connectivity index (χ1n) is 4.92. The maximum Gasteiger partial charge on any atom is 0.204 e. The van der Waals surface area contributed by atoms with Gasteiger partial charge in [0.05, 0.1) is 5.84 Å². The van der Waals surface area contributed by atoms with Crippen molar-refractivity contribution in [2.24, 2.45) is 11.7 Å². The number of hydrogen-bond donors (Lipinski definition) is 2. The summed E-state index contributed by atoms with van der Waals surface area (Å²) in [7, 11) is 1.94. The summed E-state index contributed by atoms with van der Waals surface area (Å²) in [5.74, 6) is 1.13. The molecule has 84 valence electrons. The molecule has 0 fully saturated rings. The minimum Gasteiger partial charge on any atom is -0.387 e. The fraction of sp³-hybridized carbons (Fsp3) is 0.667. The molecule has 1 aromatic heterocycles. The molecule has 1 rings (SSSR count). The molecule has 0 radical (unpaired) electrons. The molecule has 1 heterocycles. The lowest BCUT2D eigenvalue weighted by atomic mass is 10.1. The second-order valence-electron chi connectivity index (χ2n) is 3.58. The third-order valence-corrected chi connectivity index (χ3v) is 3.05. The molecule has 0 aromatic carbocycles. The van der Waals surface area contributed by atoms with Crippen LogP contribution in [0.5, 0.6) is 0 Å². The second kappa shape index (κ2) is 5.06. The fourth-order valence-corrected chi connectivity index (χ4v) is 1.85. The van der Waals surface area contributed by atoms with Crippen molar-refractivity contribution < 1.29 is 0 Å². The predicted molar refractivity (Wildman–Crippen MR) is 63.6 cm³/mol. The van der Waals surface area contributed by atoms with Crippen LogP contribution < -0.4 is 10.6 Å². The number of aromatic nitrogens is 2. The third-order valence-electron chi connectivity index (χ3n) is 2.18. The van der Waals surface area contributed by atoms with Gasteiger partial charge in [-0.05, 0) is 0 Å². The third kappa shape index (κ3) is 3.16. The summed E-state index contributed by atoms with van der Waals surface area (Å²) in [5, 5.41) is 8.20. The molecule has 0 aliphatic carbocycles. The Kier molecular flexibility index (Phi) is 4.02. The molecular weight excluding hydrogens is 210 g/mol. The maximum absolute atomic E-state index is 7.32. The van der Waals surface area contributed by atoms with Crippen molar-refractivity contribution in [3.63, 3.8) is 0 Å². The van der Waals surface area contributed by atoms with Crippen molar-refractivity contribution in [3.05, 3.63) is 5.82 Å². The maximum atomic E-state index is 7.32. The summed E-state index contributed by atoms with van der Waals surface area (Å²) in [6.07, 6.45) is 0.854. The van der Waals surface area contributed by atoms with E-state index in [0.717, 1.165) is 17.4 Å². The van der Waals surface area contributed by atoms with E-state index in [1.807, 2.05) is 25.8 Å². The van der Waals surface area contributed by atoms with Gasteiger partial charge in [-0.25, -0.2) is 4.98 Å². The molecule has 6 heteroatoms. The van der Waals surface area contributed by atoms with Crippen molar-refractivity contribution in [2.75, 3.05) is 18.5 Å². The van der Waals surface area contributed by atoms with Gasteiger partial charge in [-0.1, -0.05) is 13.8 Å². The fourth-order valence-electron chi connectivity index (χ4n) is 1.13. The molecule has 0 saturated heterocycles. The Morgan fingerprint density at radius 1 is 1.67 bits per heavy atom. The van der Waals surface area contributed by atoms with Gasteiger partial charge in [0.1, 0.15) is 5.82 Å². The van der Waals surface area contributed by atoms with Gasteiger partial charge in [-0.15, -0.1) is 0 Å². The molecule has 0 aliphatic heterocycles. The topological polar surface area (TPSA) is 78.9 Å². The molecule has 3 N–H and O–H groups in total. The highest BCUT2D eigenvalue weighted by molar-refractivity contribution is 7.09. The van der Waals surface area contributed by atoms with Crippen LogP contribution in [0.1, 0.15) is 19.7 Å². The van der Waals surface area contributed by atoms with Crippen LogP contribution >= 0.6 is 11.5 Å². The van der Waals surface area contributed by atoms with E-state index < -0.39 is 0 Å². The van der Waals surface area contributed by atoms with Crippen LogP contribution in [0.2, 0.25) is 0 Å². The van der Waals surface area contributed by atoms with E-state index in [9.17, 15) is 0 Å². The summed E-state index contributed by atoms with van der Waals surface area (Å²) in [5.41, 5.74) is 5.42. The van der Waals surface area contributed by atoms with E-state index in [1.165, 1.54) is 11.5 Å². The van der Waals surface area contributed by atoms with E-state index in [-0.39, 0.29) is 11.8 Å². The van der Waals surface area contributed by atoms with E-state index in [1.54, 1.807) is 0 Å². The molecule has 1 aromatic rings. The highest BCUT2D eigenvalue weighted by Crippen LogP contribution is 2.16. The van der Waals surface area contributed by atoms with Gasteiger partial charge in [-0.2, -0.15) is 4.37 Å². The number of amidine groups is 1. The summed E-state index contributed by atoms with van der Waals surface area (Å²) in [6, 6.07) is 0. The normalized spacial score (nSPS) is 12.5. The lowest BCUT2D eigenvalue weighted by Gasteiger charge is -2.19. The quantitative estimate of drug-likeness (QED) is 0.583. The molecule has 5 nitrogen and oxygen atoms in total. The number of nitrogens with two attached hydrogens (primary N) is 1. The van der Waals surface area contributed by atoms with Crippen LogP contribution in [0.25, 0.3) is 0 Å². The van der Waals surface area contributed by atoms with Crippen molar-refractivity contribution in [1.29, 1.82) is 5.41 Å². The highest BCUT2D eigenvalue weighted by atomic mass is 32.1. The second-order valence-corrected chi connectivity index (χ2v) is 4.31. The number of rotatable bonds is 5. The zero-order chi connectivity index (χ0) is 11.4. The number of anilines is 1. The van der Waals surface area contributed by atoms with Crippen molar-refractivity contribution in [3.8, 4) is 0 Å². The molecule has 1 unspecified atom stereocenters. The van der Waals surface area contributed by atoms with Crippen LogP contribution in [0.15, 0.2) is 0 Å². The minimum absolute atomic E-state index is 0.0453. The van der Waals surface area contributed by atoms with Gasteiger partial charge >= 0.3 is 0 Å². The Hall–Kier alpha value is -1.17. The smallest absolute Gasteiger partial charge is 0.204 e. The number of nitrogens with zero attached hydrogens (tertiary/aromatic N) is 3. The Labute approximate surface area is 94.0 Å². The van der Waals surface area contributed by atoms with Crippen molar-refractivity contribution >= 4 is 22.5 Å².